The summed E-state index contributed by atoms with van der Waals surface area (Å²) in [6.45, 7) is 0. The first-order chi connectivity index (χ1) is 8.02. The number of rotatable bonds is 1. The molecule has 1 heterocycles. The van der Waals surface area contributed by atoms with Gasteiger partial charge in [0.05, 0.1) is 10.3 Å². The van der Waals surface area contributed by atoms with Crippen LogP contribution in [0.2, 0.25) is 0 Å². The molecule has 11 heteroatoms. The third-order valence-corrected chi connectivity index (χ3v) is 2.04. The number of benzene rings is 1. The number of nitro groups is 1. The average Bonchev–Trinajstić information content (AvgIpc) is 2.29. The van der Waals surface area contributed by atoms with Crippen LogP contribution in [0.3, 0.4) is 0 Å². The molecule has 0 fully saturated rings. The molecule has 1 aliphatic heterocycles. The third-order valence-electron chi connectivity index (χ3n) is 2.04. The van der Waals surface area contributed by atoms with E-state index in [2.05, 4.69) is 9.98 Å². The molecule has 2 amide bonds. The summed E-state index contributed by atoms with van der Waals surface area (Å²) < 4.78 is 0. The largest absolute Gasteiger partial charge is 0.412 e. The molecule has 1 aromatic carbocycles. The average molecular weight is 294 g/mol. The first-order valence-corrected chi connectivity index (χ1v) is 4.27. The monoisotopic (exact) mass is 294 g/mol. The molecule has 92 valence electrons. The van der Waals surface area contributed by atoms with E-state index in [-0.39, 0.29) is 80.9 Å². The number of fused-ring (bicyclic) bond motifs is 1. The van der Waals surface area contributed by atoms with Crippen LogP contribution in [-0.2, 0) is 9.59 Å². The number of carbonyl (C=O) groups excluding carboxylic acids is 2. The molecule has 1 aliphatic rings. The normalized spacial score (nSPS) is 11.2. The summed E-state index contributed by atoms with van der Waals surface area (Å²) in [5, 5.41) is 19.3. The minimum absolute atomic E-state index is 0. The van der Waals surface area contributed by atoms with Crippen LogP contribution >= 0.6 is 0 Å². The fourth-order valence-electron chi connectivity index (χ4n) is 1.30. The first kappa shape index (κ1) is 21.3. The molecule has 0 saturated heterocycles. The first-order valence-electron chi connectivity index (χ1n) is 4.27. The van der Waals surface area contributed by atoms with Crippen LogP contribution in [0.1, 0.15) is 5.56 Å². The fraction of sp³-hybridized carbons (Fsp3) is 0. The molecule has 0 unspecified atom stereocenters. The van der Waals surface area contributed by atoms with Gasteiger partial charge in [-0.2, -0.15) is 5.26 Å². The van der Waals surface area contributed by atoms with E-state index in [1.807, 2.05) is 0 Å². The number of hydrogen-bond acceptors (Lipinski definition) is 5. The summed E-state index contributed by atoms with van der Waals surface area (Å²) in [6, 6.07) is 3.62. The van der Waals surface area contributed by atoms with Crippen LogP contribution in [-0.4, -0.2) is 81.3 Å². The number of amides is 2. The van der Waals surface area contributed by atoms with Crippen molar-refractivity contribution in [2.75, 3.05) is 0 Å². The van der Waals surface area contributed by atoms with Crippen molar-refractivity contribution in [2.45, 2.75) is 0 Å². The Balaban J connectivity index is 0. The predicted molar refractivity (Wildman–Crippen MR) is 65.3 cm³/mol. The summed E-state index contributed by atoms with van der Waals surface area (Å²) in [6.07, 6.45) is 0. The molecule has 0 spiro atoms. The van der Waals surface area contributed by atoms with Gasteiger partial charge >= 0.3 is 11.8 Å². The van der Waals surface area contributed by atoms with Crippen LogP contribution in [0.15, 0.2) is 22.1 Å². The molecule has 0 aliphatic carbocycles. The minimum atomic E-state index is -1.09. The third kappa shape index (κ3) is 4.00. The Morgan fingerprint density at radius 3 is 1.95 bits per heavy atom. The summed E-state index contributed by atoms with van der Waals surface area (Å²) >= 11 is 0. The van der Waals surface area contributed by atoms with Crippen molar-refractivity contribution in [3.05, 3.63) is 38.5 Å². The van der Waals surface area contributed by atoms with E-state index >= 15 is 0 Å². The molecule has 0 bridgehead atoms. The number of nitrogens with zero attached hydrogens (tertiary/aromatic N) is 4. The minimum Gasteiger partial charge on any atom is -0.412 e. The molecule has 2 radical (unpaired) electrons. The Hall–Kier alpha value is -0.990. The van der Waals surface area contributed by atoms with E-state index in [1.54, 1.807) is 6.07 Å². The topological polar surface area (TPSA) is 157 Å². The van der Waals surface area contributed by atoms with Crippen molar-refractivity contribution in [3.8, 4) is 6.07 Å². The van der Waals surface area contributed by atoms with Crippen LogP contribution in [0, 0.1) is 21.4 Å². The maximum absolute atomic E-state index is 10.9. The maximum atomic E-state index is 10.9. The van der Waals surface area contributed by atoms with E-state index in [1.165, 1.54) is 0 Å². The van der Waals surface area contributed by atoms with Gasteiger partial charge in [-0.1, -0.05) is 0 Å². The van der Waals surface area contributed by atoms with Crippen LogP contribution in [0.25, 0.3) is 0 Å². The molecular formula is C9H4N4Na2O5. The van der Waals surface area contributed by atoms with Gasteiger partial charge in [-0.3, -0.25) is 19.7 Å². The zero-order valence-corrected chi connectivity index (χ0v) is 14.6. The summed E-state index contributed by atoms with van der Waals surface area (Å²) in [5.74, 6) is -2.15. The van der Waals surface area contributed by atoms with Crippen molar-refractivity contribution in [1.29, 1.82) is 5.26 Å². The van der Waals surface area contributed by atoms with E-state index in [4.69, 9.17) is 5.26 Å². The fourth-order valence-corrected chi connectivity index (χ4v) is 1.30. The Morgan fingerprint density at radius 2 is 1.55 bits per heavy atom. The smallest absolute Gasteiger partial charge is 0.338 e. The summed E-state index contributed by atoms with van der Waals surface area (Å²) in [5.41, 5.74) is -0.720. The number of nitriles is 1. The molecule has 20 heavy (non-hydrogen) atoms. The van der Waals surface area contributed by atoms with Gasteiger partial charge in [0.15, 0.2) is 0 Å². The standard InChI is InChI=1S/C9H2N4O4.2Na.H2O/c10-3-4-1-5-6(2-7(4)13(16)17)12-9(15)8(14)11-5;;;/h1-2H;;;1H2. The molecule has 2 rings (SSSR count). The van der Waals surface area contributed by atoms with Crippen molar-refractivity contribution in [3.63, 3.8) is 0 Å². The number of nitro benzene ring substituents is 1. The van der Waals surface area contributed by atoms with E-state index in [0.29, 0.717) is 0 Å². The molecule has 0 saturated carbocycles. The quantitative estimate of drug-likeness (QED) is 0.236. The predicted octanol–water partition coefficient (Wildman–Crippen LogP) is -2.81. The van der Waals surface area contributed by atoms with Gasteiger partial charge in [-0.15, -0.1) is 0 Å². The molecule has 0 atom stereocenters. The molecule has 1 aromatic rings. The number of carbonyl (C=O) groups is 2. The maximum Gasteiger partial charge on any atom is 0.338 e. The van der Waals surface area contributed by atoms with E-state index in [9.17, 15) is 19.7 Å². The second-order valence-electron chi connectivity index (χ2n) is 3.06. The summed E-state index contributed by atoms with van der Waals surface area (Å²) in [4.78, 5) is 38.5. The van der Waals surface area contributed by atoms with Gasteiger partial charge in [0.25, 0.3) is 5.69 Å². The van der Waals surface area contributed by atoms with Gasteiger partial charge in [0.2, 0.25) is 0 Å². The van der Waals surface area contributed by atoms with Crippen molar-refractivity contribution >= 4 is 76.6 Å². The van der Waals surface area contributed by atoms with Crippen LogP contribution < -0.4 is 10.7 Å². The van der Waals surface area contributed by atoms with Gasteiger partial charge in [-0.25, -0.2) is 9.98 Å². The molecule has 2 N–H and O–H groups in total. The Morgan fingerprint density at radius 1 is 1.10 bits per heavy atom. The Kier molecular flexibility index (Phi) is 8.88. The SMILES string of the molecule is N#Cc1cc2c(cc1[N+](=O)[O-])=NC(=O)C(=O)N=2.O.[Na].[Na]. The molecule has 9 nitrogen and oxygen atoms in total. The van der Waals surface area contributed by atoms with Gasteiger partial charge < -0.3 is 5.48 Å². The Labute approximate surface area is 155 Å². The number of hydrogen-bond donors (Lipinski definition) is 0. The zero-order valence-electron chi connectivity index (χ0n) is 10.6. The molecule has 0 aromatic heterocycles. The summed E-state index contributed by atoms with van der Waals surface area (Å²) in [7, 11) is 0. The van der Waals surface area contributed by atoms with Crippen LogP contribution in [0.5, 0.6) is 0 Å². The van der Waals surface area contributed by atoms with Crippen molar-refractivity contribution < 1.29 is 20.0 Å². The van der Waals surface area contributed by atoms with Crippen molar-refractivity contribution in [2.24, 2.45) is 9.98 Å². The van der Waals surface area contributed by atoms with Gasteiger partial charge in [0.1, 0.15) is 17.0 Å². The molecular weight excluding hydrogens is 290 g/mol. The Bertz CT molecular complexity index is 740. The van der Waals surface area contributed by atoms with Gasteiger partial charge in [-0.05, 0) is 6.07 Å². The second-order valence-corrected chi connectivity index (χ2v) is 3.06. The van der Waals surface area contributed by atoms with Crippen LogP contribution in [0.4, 0.5) is 5.69 Å². The van der Waals surface area contributed by atoms with E-state index < -0.39 is 22.4 Å². The second kappa shape index (κ2) is 8.33. The van der Waals surface area contributed by atoms with E-state index in [0.717, 1.165) is 12.1 Å². The van der Waals surface area contributed by atoms with Gasteiger partial charge in [0, 0.05) is 65.2 Å². The van der Waals surface area contributed by atoms with Crippen molar-refractivity contribution in [1.82, 2.24) is 0 Å². The zero-order chi connectivity index (χ0) is 12.6.